The predicted molar refractivity (Wildman–Crippen MR) is 164 cm³/mol. The van der Waals surface area contributed by atoms with Crippen LogP contribution in [0.4, 0.5) is 39.5 Å². The fourth-order valence-electron chi connectivity index (χ4n) is 12.0. The average Bonchev–Trinajstić information content (AvgIpc) is 3.77. The van der Waals surface area contributed by atoms with Crippen molar-refractivity contribution in [3.8, 4) is 0 Å². The molecule has 4 nitrogen and oxygen atoms in total. The summed E-state index contributed by atoms with van der Waals surface area (Å²) in [5, 5.41) is 0. The van der Waals surface area contributed by atoms with Crippen LogP contribution in [0.1, 0.15) is 138 Å². The fraction of sp³-hybridized carbons (Fsp3) is 1.00. The molecule has 0 amide bonds. The maximum absolute atomic E-state index is 15.6. The Bertz CT molecular complexity index is 1150. The van der Waals surface area contributed by atoms with E-state index < -0.39 is 75.8 Å². The highest BCUT2D eigenvalue weighted by molar-refractivity contribution is 5.24. The van der Waals surface area contributed by atoms with Gasteiger partial charge in [-0.25, -0.2) is 0 Å². The molecule has 5 aliphatic rings. The second-order valence-corrected chi connectivity index (χ2v) is 17.1. The van der Waals surface area contributed by atoms with E-state index in [4.69, 9.17) is 18.9 Å². The maximum atomic E-state index is 15.6. The molecule has 4 aliphatic carbocycles. The van der Waals surface area contributed by atoms with Crippen LogP contribution in [0.2, 0.25) is 0 Å². The molecule has 5 fully saturated rings. The normalized spacial score (nSPS) is 37.5. The molecule has 1 saturated heterocycles. The van der Waals surface area contributed by atoms with Gasteiger partial charge >= 0.3 is 18.5 Å². The van der Waals surface area contributed by atoms with Gasteiger partial charge in [-0.3, -0.25) is 0 Å². The van der Waals surface area contributed by atoms with E-state index in [0.717, 1.165) is 13.3 Å². The summed E-state index contributed by atoms with van der Waals surface area (Å²) in [5.74, 6) is -0.198. The van der Waals surface area contributed by atoms with Crippen molar-refractivity contribution in [3.63, 3.8) is 0 Å². The van der Waals surface area contributed by atoms with E-state index in [1.165, 1.54) is 0 Å². The molecular formula is C36H55F9O4. The molecule has 286 valence electrons. The third-order valence-electron chi connectivity index (χ3n) is 14.4. The van der Waals surface area contributed by atoms with Gasteiger partial charge < -0.3 is 18.9 Å². The van der Waals surface area contributed by atoms with Crippen molar-refractivity contribution in [1.29, 1.82) is 0 Å². The summed E-state index contributed by atoms with van der Waals surface area (Å²) in [5.41, 5.74) is -13.4. The summed E-state index contributed by atoms with van der Waals surface area (Å²) in [6, 6.07) is 0. The van der Waals surface area contributed by atoms with Gasteiger partial charge in [-0.1, -0.05) is 41.0 Å². The van der Waals surface area contributed by atoms with Crippen LogP contribution in [0.15, 0.2) is 0 Å². The molecule has 6 unspecified atom stereocenters. The molecule has 0 aromatic carbocycles. The van der Waals surface area contributed by atoms with Crippen LogP contribution in [0, 0.1) is 33.0 Å². The summed E-state index contributed by atoms with van der Waals surface area (Å²) in [7, 11) is 0. The topological polar surface area (TPSA) is 36.9 Å². The van der Waals surface area contributed by atoms with Crippen molar-refractivity contribution < 1.29 is 58.5 Å². The zero-order valence-corrected chi connectivity index (χ0v) is 29.8. The Morgan fingerprint density at radius 3 is 1.90 bits per heavy atom. The van der Waals surface area contributed by atoms with Gasteiger partial charge in [0.05, 0.1) is 0 Å². The Morgan fingerprint density at radius 1 is 0.796 bits per heavy atom. The summed E-state index contributed by atoms with van der Waals surface area (Å²) in [6.07, 6.45) is -16.2. The Labute approximate surface area is 284 Å². The summed E-state index contributed by atoms with van der Waals surface area (Å²) >= 11 is 0. The fourth-order valence-corrected chi connectivity index (χ4v) is 12.0. The zero-order chi connectivity index (χ0) is 36.6. The second kappa shape index (κ2) is 12.7. The Kier molecular flexibility index (Phi) is 10.2. The first-order valence-corrected chi connectivity index (χ1v) is 18.2. The van der Waals surface area contributed by atoms with Crippen molar-refractivity contribution in [2.45, 2.75) is 180 Å². The molecule has 1 heterocycles. The molecule has 0 N–H and O–H groups in total. The Hall–Kier alpha value is -0.790. The smallest absolute Gasteiger partial charge is 0.353 e. The largest absolute Gasteiger partial charge is 0.427 e. The van der Waals surface area contributed by atoms with Crippen LogP contribution in [-0.2, 0) is 18.9 Å². The molecule has 1 aliphatic heterocycles. The third-order valence-corrected chi connectivity index (χ3v) is 14.4. The molecule has 5 rings (SSSR count). The lowest BCUT2D eigenvalue weighted by Crippen LogP contribution is -2.68. The lowest BCUT2D eigenvalue weighted by Gasteiger charge is -2.60. The number of rotatable bonds is 13. The van der Waals surface area contributed by atoms with E-state index in [1.54, 1.807) is 6.92 Å². The van der Waals surface area contributed by atoms with Crippen molar-refractivity contribution in [3.05, 3.63) is 0 Å². The van der Waals surface area contributed by atoms with Gasteiger partial charge in [-0.05, 0) is 119 Å². The molecule has 6 atom stereocenters. The molecule has 0 aromatic heterocycles. The first-order chi connectivity index (χ1) is 22.5. The standard InChI is InChI=1S/C36H55F9O4/c1-7-18-46-24(3)48-33(35(40,41)42,36(43,44)45)30-16-14-29(23-30,15-17-30)27(4,5)22-28(6,8-2)31-13-12-25(20-31)21-32(31,34(37,38)39)49-26-11-9-10-19-47-26/h24-26H,7-23H2,1-6H3. The maximum Gasteiger partial charge on any atom is 0.427 e. The van der Waals surface area contributed by atoms with Crippen molar-refractivity contribution in [2.75, 3.05) is 13.2 Å². The van der Waals surface area contributed by atoms with Crippen LogP contribution in [0.5, 0.6) is 0 Å². The Morgan fingerprint density at radius 2 is 1.41 bits per heavy atom. The number of ether oxygens (including phenoxy) is 4. The van der Waals surface area contributed by atoms with E-state index in [-0.39, 0.29) is 57.5 Å². The lowest BCUT2D eigenvalue weighted by molar-refractivity contribution is -0.438. The predicted octanol–water partition coefficient (Wildman–Crippen LogP) is 11.5. The molecular weight excluding hydrogens is 667 g/mol. The van der Waals surface area contributed by atoms with E-state index in [1.807, 2.05) is 27.7 Å². The SMILES string of the molecule is CCCOC(C)OC(C(F)(F)F)(C(F)(F)F)C12CCC(C(C)(C)CC(C)(CC)C34CCC(C3)CC4(OC3CCCCO3)C(F)(F)F)(CC1)C2. The van der Waals surface area contributed by atoms with Crippen LogP contribution < -0.4 is 0 Å². The van der Waals surface area contributed by atoms with Crippen LogP contribution in [0.25, 0.3) is 0 Å². The summed E-state index contributed by atoms with van der Waals surface area (Å²) < 4.78 is 159. The van der Waals surface area contributed by atoms with Crippen LogP contribution >= 0.6 is 0 Å². The summed E-state index contributed by atoms with van der Waals surface area (Å²) in [4.78, 5) is 0. The zero-order valence-electron chi connectivity index (χ0n) is 29.8. The monoisotopic (exact) mass is 722 g/mol. The highest BCUT2D eigenvalue weighted by Gasteiger charge is 2.85. The van der Waals surface area contributed by atoms with E-state index >= 15 is 39.5 Å². The number of halogens is 9. The van der Waals surface area contributed by atoms with E-state index in [0.29, 0.717) is 45.1 Å². The van der Waals surface area contributed by atoms with Crippen LogP contribution in [0.3, 0.4) is 0 Å². The van der Waals surface area contributed by atoms with Crippen molar-refractivity contribution in [1.82, 2.24) is 0 Å². The van der Waals surface area contributed by atoms with Gasteiger partial charge in [0.1, 0.15) is 0 Å². The van der Waals surface area contributed by atoms with Crippen molar-refractivity contribution >= 4 is 0 Å². The van der Waals surface area contributed by atoms with Gasteiger partial charge in [0.2, 0.25) is 0 Å². The minimum atomic E-state index is -5.79. The molecule has 0 aromatic rings. The highest BCUT2D eigenvalue weighted by Crippen LogP contribution is 2.79. The molecule has 0 radical (unpaired) electrons. The van der Waals surface area contributed by atoms with Crippen LogP contribution in [-0.4, -0.2) is 55.5 Å². The Balaban J connectivity index is 1.52. The first-order valence-electron chi connectivity index (χ1n) is 18.2. The van der Waals surface area contributed by atoms with Gasteiger partial charge in [-0.15, -0.1) is 0 Å². The average molecular weight is 723 g/mol. The lowest BCUT2D eigenvalue weighted by atomic mass is 9.48. The molecule has 49 heavy (non-hydrogen) atoms. The molecule has 4 saturated carbocycles. The number of alkyl halides is 9. The molecule has 13 heteroatoms. The van der Waals surface area contributed by atoms with Crippen molar-refractivity contribution in [2.24, 2.45) is 33.0 Å². The van der Waals surface area contributed by atoms with E-state index in [2.05, 4.69) is 0 Å². The third kappa shape index (κ3) is 5.78. The molecule has 0 spiro atoms. The number of hydrogen-bond donors (Lipinski definition) is 0. The minimum Gasteiger partial charge on any atom is -0.353 e. The number of hydrogen-bond acceptors (Lipinski definition) is 4. The molecule has 4 bridgehead atoms. The minimum absolute atomic E-state index is 0.0643. The van der Waals surface area contributed by atoms with Gasteiger partial charge in [0.15, 0.2) is 18.2 Å². The van der Waals surface area contributed by atoms with E-state index in [9.17, 15) is 0 Å². The first kappa shape index (κ1) is 39.4. The summed E-state index contributed by atoms with van der Waals surface area (Å²) in [6.45, 7) is 10.4. The number of fused-ring (bicyclic) bond motifs is 4. The highest BCUT2D eigenvalue weighted by atomic mass is 19.4. The van der Waals surface area contributed by atoms with Gasteiger partial charge in [0, 0.05) is 24.0 Å². The van der Waals surface area contributed by atoms with Gasteiger partial charge in [0.25, 0.3) is 5.60 Å². The quantitative estimate of drug-likeness (QED) is 0.140. The van der Waals surface area contributed by atoms with Gasteiger partial charge in [-0.2, -0.15) is 39.5 Å². The second-order valence-electron chi connectivity index (χ2n) is 17.1.